The molecule has 1 fully saturated rings. The maximum atomic E-state index is 12.3. The lowest BCUT2D eigenvalue weighted by Crippen LogP contribution is -2.41. The Morgan fingerprint density at radius 2 is 1.70 bits per heavy atom. The largest absolute Gasteiger partial charge is 0.493 e. The lowest BCUT2D eigenvalue weighted by Gasteiger charge is -2.12. The summed E-state index contributed by atoms with van der Waals surface area (Å²) < 4.78 is 21.9. The van der Waals surface area contributed by atoms with Crippen molar-refractivity contribution in [3.8, 4) is 17.2 Å². The van der Waals surface area contributed by atoms with Crippen LogP contribution < -0.4 is 25.1 Å². The second-order valence-corrected chi connectivity index (χ2v) is 6.68. The predicted octanol–water partition coefficient (Wildman–Crippen LogP) is 2.73. The minimum atomic E-state index is -0.471. The van der Waals surface area contributed by atoms with E-state index >= 15 is 0 Å². The van der Waals surface area contributed by atoms with Crippen LogP contribution in [-0.2, 0) is 4.74 Å². The Labute approximate surface area is 175 Å². The summed E-state index contributed by atoms with van der Waals surface area (Å²) in [4.78, 5) is 24.6. The van der Waals surface area contributed by atoms with E-state index < -0.39 is 11.8 Å². The Hall–Kier alpha value is -3.26. The lowest BCUT2D eigenvalue weighted by atomic mass is 10.2. The van der Waals surface area contributed by atoms with Crippen molar-refractivity contribution < 1.29 is 28.5 Å². The van der Waals surface area contributed by atoms with E-state index in [-0.39, 0.29) is 6.10 Å². The average molecular weight is 414 g/mol. The van der Waals surface area contributed by atoms with E-state index in [0.717, 1.165) is 19.4 Å². The highest BCUT2D eigenvalue weighted by atomic mass is 16.5. The molecule has 8 nitrogen and oxygen atoms in total. The molecule has 160 valence electrons. The Morgan fingerprint density at radius 3 is 2.33 bits per heavy atom. The van der Waals surface area contributed by atoms with Crippen LogP contribution in [0, 0.1) is 0 Å². The quantitative estimate of drug-likeness (QED) is 0.645. The summed E-state index contributed by atoms with van der Waals surface area (Å²) in [6, 6.07) is 11.5. The van der Waals surface area contributed by atoms with E-state index in [4.69, 9.17) is 18.9 Å². The summed E-state index contributed by atoms with van der Waals surface area (Å²) in [6.07, 6.45) is 2.19. The summed E-state index contributed by atoms with van der Waals surface area (Å²) in [5.41, 5.74) is 5.51. The first kappa shape index (κ1) is 21.4. The number of hydrogen-bond donors (Lipinski definition) is 2. The summed E-state index contributed by atoms with van der Waals surface area (Å²) in [5.74, 6) is 0.734. The van der Waals surface area contributed by atoms with Gasteiger partial charge in [0.05, 0.1) is 19.8 Å². The number of rotatable bonds is 8. The van der Waals surface area contributed by atoms with Gasteiger partial charge in [-0.05, 0) is 62.2 Å². The Bertz CT molecular complexity index is 862. The maximum absolute atomic E-state index is 12.3. The second kappa shape index (κ2) is 10.5. The van der Waals surface area contributed by atoms with Gasteiger partial charge in [-0.25, -0.2) is 0 Å². The molecule has 0 spiro atoms. The molecule has 0 saturated carbocycles. The molecule has 0 aliphatic carbocycles. The number of ether oxygens (including phenoxy) is 4. The number of nitrogens with one attached hydrogen (secondary N) is 2. The summed E-state index contributed by atoms with van der Waals surface area (Å²) in [5, 5.41) is 0. The van der Waals surface area contributed by atoms with E-state index in [1.54, 1.807) is 42.5 Å². The summed E-state index contributed by atoms with van der Waals surface area (Å²) in [6.45, 7) is 3.61. The molecule has 2 N–H and O–H groups in total. The number of hydrogen-bond acceptors (Lipinski definition) is 6. The first-order valence-corrected chi connectivity index (χ1v) is 9.86. The highest BCUT2D eigenvalue weighted by Gasteiger charge is 2.16. The van der Waals surface area contributed by atoms with Gasteiger partial charge in [-0.3, -0.25) is 20.4 Å². The molecule has 0 bridgehead atoms. The Morgan fingerprint density at radius 1 is 1.00 bits per heavy atom. The molecule has 1 saturated heterocycles. The number of carbonyl (C=O) groups excluding carboxylic acids is 2. The van der Waals surface area contributed by atoms with Gasteiger partial charge in [-0.1, -0.05) is 0 Å². The molecule has 2 aromatic rings. The molecular formula is C22H26N2O6. The highest BCUT2D eigenvalue weighted by molar-refractivity contribution is 5.99. The molecule has 1 atom stereocenters. The molecule has 8 heteroatoms. The van der Waals surface area contributed by atoms with Gasteiger partial charge in [0.1, 0.15) is 12.4 Å². The van der Waals surface area contributed by atoms with E-state index in [1.165, 1.54) is 7.11 Å². The Kier molecular flexibility index (Phi) is 7.51. The molecule has 3 rings (SSSR count). The van der Waals surface area contributed by atoms with Crippen molar-refractivity contribution in [1.82, 2.24) is 10.9 Å². The van der Waals surface area contributed by atoms with Crippen molar-refractivity contribution in [1.29, 1.82) is 0 Å². The molecule has 2 aromatic carbocycles. The van der Waals surface area contributed by atoms with Gasteiger partial charge in [0, 0.05) is 17.7 Å². The SMILES string of the molecule is CCOc1ccc(C(=O)NNC(=O)c2ccc(OC[C@@H]3CCCO3)cc2)cc1OC. The lowest BCUT2D eigenvalue weighted by molar-refractivity contribution is 0.0679. The minimum absolute atomic E-state index is 0.129. The Balaban J connectivity index is 1.51. The zero-order chi connectivity index (χ0) is 21.3. The first-order chi connectivity index (χ1) is 14.6. The predicted molar refractivity (Wildman–Crippen MR) is 110 cm³/mol. The van der Waals surface area contributed by atoms with Crippen molar-refractivity contribution in [2.24, 2.45) is 0 Å². The van der Waals surface area contributed by atoms with Gasteiger partial charge in [-0.2, -0.15) is 0 Å². The zero-order valence-electron chi connectivity index (χ0n) is 17.1. The average Bonchev–Trinajstić information content (AvgIpc) is 3.30. The third kappa shape index (κ3) is 5.64. The summed E-state index contributed by atoms with van der Waals surface area (Å²) >= 11 is 0. The van der Waals surface area contributed by atoms with Gasteiger partial charge < -0.3 is 18.9 Å². The fraction of sp³-hybridized carbons (Fsp3) is 0.364. The molecule has 1 aliphatic rings. The third-order valence-corrected chi connectivity index (χ3v) is 4.59. The van der Waals surface area contributed by atoms with Gasteiger partial charge >= 0.3 is 0 Å². The van der Waals surface area contributed by atoms with Crippen LogP contribution in [0.2, 0.25) is 0 Å². The minimum Gasteiger partial charge on any atom is -0.493 e. The van der Waals surface area contributed by atoms with E-state index in [0.29, 0.717) is 41.6 Å². The summed E-state index contributed by atoms with van der Waals surface area (Å²) in [7, 11) is 1.50. The van der Waals surface area contributed by atoms with Crippen LogP contribution in [0.1, 0.15) is 40.5 Å². The number of benzene rings is 2. The van der Waals surface area contributed by atoms with Crippen LogP contribution in [-0.4, -0.2) is 44.8 Å². The van der Waals surface area contributed by atoms with Crippen molar-refractivity contribution in [3.05, 3.63) is 53.6 Å². The van der Waals surface area contributed by atoms with Crippen LogP contribution in [0.4, 0.5) is 0 Å². The van der Waals surface area contributed by atoms with Crippen molar-refractivity contribution in [2.45, 2.75) is 25.9 Å². The highest BCUT2D eigenvalue weighted by Crippen LogP contribution is 2.28. The molecule has 0 aromatic heterocycles. The maximum Gasteiger partial charge on any atom is 0.269 e. The van der Waals surface area contributed by atoms with Crippen LogP contribution in [0.25, 0.3) is 0 Å². The van der Waals surface area contributed by atoms with Gasteiger partial charge in [0.15, 0.2) is 11.5 Å². The van der Waals surface area contributed by atoms with Crippen LogP contribution in [0.15, 0.2) is 42.5 Å². The van der Waals surface area contributed by atoms with E-state index in [9.17, 15) is 9.59 Å². The fourth-order valence-corrected chi connectivity index (χ4v) is 3.01. The van der Waals surface area contributed by atoms with Crippen LogP contribution in [0.5, 0.6) is 17.2 Å². The monoisotopic (exact) mass is 414 g/mol. The number of hydrazine groups is 1. The third-order valence-electron chi connectivity index (χ3n) is 4.59. The fourth-order valence-electron chi connectivity index (χ4n) is 3.01. The van der Waals surface area contributed by atoms with Gasteiger partial charge in [0.25, 0.3) is 11.8 Å². The number of amides is 2. The molecule has 1 aliphatic heterocycles. The van der Waals surface area contributed by atoms with E-state index in [2.05, 4.69) is 10.9 Å². The van der Waals surface area contributed by atoms with Crippen LogP contribution >= 0.6 is 0 Å². The second-order valence-electron chi connectivity index (χ2n) is 6.68. The van der Waals surface area contributed by atoms with Crippen LogP contribution in [0.3, 0.4) is 0 Å². The standard InChI is InChI=1S/C22H26N2O6/c1-3-28-19-11-8-16(13-20(19)27-2)22(26)24-23-21(25)15-6-9-17(10-7-15)30-14-18-5-4-12-29-18/h6-11,13,18H,3-5,12,14H2,1-2H3,(H,23,25)(H,24,26)/t18-/m0/s1. The van der Waals surface area contributed by atoms with Gasteiger partial charge in [-0.15, -0.1) is 0 Å². The smallest absolute Gasteiger partial charge is 0.269 e. The van der Waals surface area contributed by atoms with E-state index in [1.807, 2.05) is 6.92 Å². The topological polar surface area (TPSA) is 95.1 Å². The van der Waals surface area contributed by atoms with Crippen molar-refractivity contribution >= 4 is 11.8 Å². The normalized spacial score (nSPS) is 15.3. The zero-order valence-corrected chi connectivity index (χ0v) is 17.1. The molecule has 1 heterocycles. The number of carbonyl (C=O) groups is 2. The molecule has 0 unspecified atom stereocenters. The van der Waals surface area contributed by atoms with Crippen molar-refractivity contribution in [2.75, 3.05) is 26.9 Å². The first-order valence-electron chi connectivity index (χ1n) is 9.86. The molecule has 0 radical (unpaired) electrons. The molecular weight excluding hydrogens is 388 g/mol. The molecule has 30 heavy (non-hydrogen) atoms. The number of methoxy groups -OCH3 is 1. The van der Waals surface area contributed by atoms with Gasteiger partial charge in [0.2, 0.25) is 0 Å². The van der Waals surface area contributed by atoms with Crippen molar-refractivity contribution in [3.63, 3.8) is 0 Å². The molecule has 2 amide bonds.